The van der Waals surface area contributed by atoms with Crippen molar-refractivity contribution in [2.75, 3.05) is 13.1 Å². The maximum Gasteiger partial charge on any atom is 0.282 e. The van der Waals surface area contributed by atoms with Gasteiger partial charge in [0.1, 0.15) is 0 Å². The number of hydrogen-bond donors (Lipinski definition) is 0. The third kappa shape index (κ3) is 3.10. The molecule has 0 N–H and O–H groups in total. The lowest BCUT2D eigenvalue weighted by Gasteiger charge is -2.38. The van der Waals surface area contributed by atoms with E-state index in [-0.39, 0.29) is 12.3 Å². The third-order valence-corrected chi connectivity index (χ3v) is 3.61. The van der Waals surface area contributed by atoms with Crippen LogP contribution >= 0.6 is 0 Å². The van der Waals surface area contributed by atoms with Crippen LogP contribution in [0.5, 0.6) is 0 Å². The summed E-state index contributed by atoms with van der Waals surface area (Å²) in [5, 5.41) is 0. The van der Waals surface area contributed by atoms with E-state index in [1.165, 1.54) is 4.90 Å². The first-order valence-corrected chi connectivity index (χ1v) is 6.83. The van der Waals surface area contributed by atoms with Gasteiger partial charge < -0.3 is 4.90 Å². The lowest BCUT2D eigenvalue weighted by Crippen LogP contribution is -2.58. The molecule has 4 heteroatoms. The lowest BCUT2D eigenvalue weighted by atomic mass is 10.0. The number of amides is 1. The van der Waals surface area contributed by atoms with Crippen molar-refractivity contribution in [2.45, 2.75) is 12.3 Å². The zero-order valence-electron chi connectivity index (χ0n) is 11.4. The summed E-state index contributed by atoms with van der Waals surface area (Å²) in [7, 11) is 0. The topological polar surface area (TPSA) is 20.3 Å². The minimum absolute atomic E-state index is 0.172. The number of nitrogens with zero attached hydrogens (tertiary/aromatic N) is 1. The molecule has 1 fully saturated rings. The molecule has 2 aromatic carbocycles. The smallest absolute Gasteiger partial charge is 0.282 e. The Balaban J connectivity index is 1.64. The van der Waals surface area contributed by atoms with Gasteiger partial charge in [-0.3, -0.25) is 4.79 Å². The zero-order valence-corrected chi connectivity index (χ0v) is 11.4. The molecule has 2 aromatic rings. The molecule has 108 valence electrons. The van der Waals surface area contributed by atoms with Crippen LogP contribution in [0.2, 0.25) is 0 Å². The van der Waals surface area contributed by atoms with Crippen LogP contribution in [0.25, 0.3) is 11.1 Å². The summed E-state index contributed by atoms with van der Waals surface area (Å²) >= 11 is 0. The van der Waals surface area contributed by atoms with Gasteiger partial charge in [-0.2, -0.15) is 0 Å². The molecule has 0 bridgehead atoms. The van der Waals surface area contributed by atoms with Gasteiger partial charge in [-0.1, -0.05) is 54.6 Å². The van der Waals surface area contributed by atoms with E-state index in [2.05, 4.69) is 0 Å². The standard InChI is InChI=1S/C17H15F2NO/c18-17(19)11-20(12-17)16(21)10-13-6-8-15(9-7-13)14-4-2-1-3-5-14/h1-9H,10-12H2. The molecular formula is C17H15F2NO. The Morgan fingerprint density at radius 1 is 0.952 bits per heavy atom. The fourth-order valence-corrected chi connectivity index (χ4v) is 2.42. The van der Waals surface area contributed by atoms with Gasteiger partial charge in [-0.25, -0.2) is 8.78 Å². The molecule has 0 aliphatic carbocycles. The van der Waals surface area contributed by atoms with Crippen LogP contribution in [-0.4, -0.2) is 29.8 Å². The molecular weight excluding hydrogens is 272 g/mol. The Kier molecular flexibility index (Phi) is 3.45. The van der Waals surface area contributed by atoms with Gasteiger partial charge in [-0.15, -0.1) is 0 Å². The van der Waals surface area contributed by atoms with E-state index >= 15 is 0 Å². The average Bonchev–Trinajstić information content (AvgIpc) is 2.46. The molecule has 3 rings (SSSR count). The van der Waals surface area contributed by atoms with Crippen LogP contribution in [0, 0.1) is 0 Å². The summed E-state index contributed by atoms with van der Waals surface area (Å²) in [6, 6.07) is 17.6. The molecule has 1 amide bonds. The molecule has 21 heavy (non-hydrogen) atoms. The number of rotatable bonds is 3. The Morgan fingerprint density at radius 3 is 2.10 bits per heavy atom. The number of halogens is 2. The molecule has 1 aliphatic heterocycles. The molecule has 0 radical (unpaired) electrons. The van der Waals surface area contributed by atoms with E-state index in [0.29, 0.717) is 0 Å². The first-order chi connectivity index (χ1) is 10.0. The second-order valence-corrected chi connectivity index (χ2v) is 5.35. The van der Waals surface area contributed by atoms with Crippen LogP contribution < -0.4 is 0 Å². The number of carbonyl (C=O) groups is 1. The largest absolute Gasteiger partial charge is 0.330 e. The predicted octanol–water partition coefficient (Wildman–Crippen LogP) is 3.37. The highest BCUT2D eigenvalue weighted by Gasteiger charge is 2.45. The normalized spacial score (nSPS) is 16.4. The highest BCUT2D eigenvalue weighted by Crippen LogP contribution is 2.27. The number of carbonyl (C=O) groups excluding carboxylic acids is 1. The number of benzene rings is 2. The molecule has 1 aliphatic rings. The number of hydrogen-bond acceptors (Lipinski definition) is 1. The second-order valence-electron chi connectivity index (χ2n) is 5.35. The van der Waals surface area contributed by atoms with E-state index in [1.54, 1.807) is 0 Å². The highest BCUT2D eigenvalue weighted by molar-refractivity contribution is 5.80. The first-order valence-electron chi connectivity index (χ1n) is 6.83. The van der Waals surface area contributed by atoms with Gasteiger partial charge in [0.25, 0.3) is 5.92 Å². The molecule has 0 aromatic heterocycles. The molecule has 1 heterocycles. The van der Waals surface area contributed by atoms with Crippen LogP contribution in [-0.2, 0) is 11.2 Å². The number of alkyl halides is 2. The van der Waals surface area contributed by atoms with Gasteiger partial charge in [-0.05, 0) is 16.7 Å². The van der Waals surface area contributed by atoms with Crippen molar-refractivity contribution in [3.05, 3.63) is 60.2 Å². The summed E-state index contributed by atoms with van der Waals surface area (Å²) in [4.78, 5) is 13.0. The zero-order chi connectivity index (χ0) is 14.9. The van der Waals surface area contributed by atoms with Crippen LogP contribution in [0.1, 0.15) is 5.56 Å². The summed E-state index contributed by atoms with van der Waals surface area (Å²) in [6.45, 7) is -0.901. The van der Waals surface area contributed by atoms with E-state index in [9.17, 15) is 13.6 Å². The Labute approximate surface area is 122 Å². The Morgan fingerprint density at radius 2 is 1.52 bits per heavy atom. The van der Waals surface area contributed by atoms with Gasteiger partial charge in [0.2, 0.25) is 5.91 Å². The Hall–Kier alpha value is -2.23. The summed E-state index contributed by atoms with van der Waals surface area (Å²) in [5.41, 5.74) is 3.02. The SMILES string of the molecule is O=C(Cc1ccc(-c2ccccc2)cc1)N1CC(F)(F)C1. The van der Waals surface area contributed by atoms with Crippen LogP contribution in [0.4, 0.5) is 8.78 Å². The molecule has 0 saturated carbocycles. The molecule has 2 nitrogen and oxygen atoms in total. The van der Waals surface area contributed by atoms with Crippen molar-refractivity contribution in [1.29, 1.82) is 0 Å². The third-order valence-electron chi connectivity index (χ3n) is 3.61. The van der Waals surface area contributed by atoms with Crippen molar-refractivity contribution >= 4 is 5.91 Å². The maximum atomic E-state index is 12.7. The summed E-state index contributed by atoms with van der Waals surface area (Å²) < 4.78 is 25.5. The fraction of sp³-hybridized carbons (Fsp3) is 0.235. The number of likely N-dealkylation sites (tertiary alicyclic amines) is 1. The van der Waals surface area contributed by atoms with Gasteiger partial charge in [0.15, 0.2) is 0 Å². The fourth-order valence-electron chi connectivity index (χ4n) is 2.42. The van der Waals surface area contributed by atoms with E-state index in [4.69, 9.17) is 0 Å². The second kappa shape index (κ2) is 5.28. The minimum atomic E-state index is -2.70. The highest BCUT2D eigenvalue weighted by atomic mass is 19.3. The average molecular weight is 287 g/mol. The molecule has 0 unspecified atom stereocenters. The van der Waals surface area contributed by atoms with Crippen molar-refractivity contribution in [2.24, 2.45) is 0 Å². The molecule has 0 spiro atoms. The van der Waals surface area contributed by atoms with Crippen molar-refractivity contribution in [3.63, 3.8) is 0 Å². The van der Waals surface area contributed by atoms with E-state index in [1.807, 2.05) is 54.6 Å². The van der Waals surface area contributed by atoms with Crippen LogP contribution in [0.3, 0.4) is 0 Å². The van der Waals surface area contributed by atoms with Gasteiger partial charge in [0.05, 0.1) is 19.5 Å². The molecule has 1 saturated heterocycles. The minimum Gasteiger partial charge on any atom is -0.330 e. The van der Waals surface area contributed by atoms with Gasteiger partial charge >= 0.3 is 0 Å². The monoisotopic (exact) mass is 287 g/mol. The van der Waals surface area contributed by atoms with Crippen LogP contribution in [0.15, 0.2) is 54.6 Å². The predicted molar refractivity (Wildman–Crippen MR) is 77.1 cm³/mol. The first kappa shape index (κ1) is 13.7. The molecule has 0 atom stereocenters. The van der Waals surface area contributed by atoms with Crippen molar-refractivity contribution in [1.82, 2.24) is 4.90 Å². The van der Waals surface area contributed by atoms with E-state index < -0.39 is 19.0 Å². The van der Waals surface area contributed by atoms with E-state index in [0.717, 1.165) is 16.7 Å². The Bertz CT molecular complexity index is 630. The quantitative estimate of drug-likeness (QED) is 0.847. The van der Waals surface area contributed by atoms with Crippen molar-refractivity contribution in [3.8, 4) is 11.1 Å². The van der Waals surface area contributed by atoms with Gasteiger partial charge in [0, 0.05) is 0 Å². The summed E-state index contributed by atoms with van der Waals surface area (Å²) in [6.07, 6.45) is 0.172. The summed E-state index contributed by atoms with van der Waals surface area (Å²) in [5.74, 6) is -2.94. The maximum absolute atomic E-state index is 12.7. The lowest BCUT2D eigenvalue weighted by molar-refractivity contribution is -0.165. The van der Waals surface area contributed by atoms with Crippen molar-refractivity contribution < 1.29 is 13.6 Å².